The van der Waals surface area contributed by atoms with Gasteiger partial charge in [-0.3, -0.25) is 0 Å². The van der Waals surface area contributed by atoms with Crippen molar-refractivity contribution in [1.82, 2.24) is 0 Å². The van der Waals surface area contributed by atoms with Crippen LogP contribution in [0.4, 0.5) is 13.2 Å². The maximum atomic E-state index is 14.5. The Morgan fingerprint density at radius 3 is 2.00 bits per heavy atom. The standard InChI is InChI=1S/C15H25F3O2.C2H6/c1-10-5-7-15(18,8-6-10)9-20-12-4-3-11(19-2)13(16)14(12)17;1-2/h10-14H,3-9H2,1-2H3;1-2H3. The average molecular weight is 324 g/mol. The van der Waals surface area contributed by atoms with E-state index in [0.717, 1.165) is 12.8 Å². The summed E-state index contributed by atoms with van der Waals surface area (Å²) >= 11 is 0. The highest BCUT2D eigenvalue weighted by Crippen LogP contribution is 2.36. The van der Waals surface area contributed by atoms with Crippen LogP contribution in [0.1, 0.15) is 59.3 Å². The first kappa shape index (κ1) is 19.8. The Bertz CT molecular complexity index is 306. The number of hydrogen-bond acceptors (Lipinski definition) is 2. The van der Waals surface area contributed by atoms with Crippen molar-refractivity contribution in [3.8, 4) is 0 Å². The van der Waals surface area contributed by atoms with Gasteiger partial charge in [0.25, 0.3) is 0 Å². The second-order valence-corrected chi connectivity index (χ2v) is 6.42. The molecular formula is C17H31F3O2. The third-order valence-electron chi connectivity index (χ3n) is 4.78. The molecule has 0 aromatic heterocycles. The van der Waals surface area contributed by atoms with Gasteiger partial charge in [0.05, 0.1) is 18.8 Å². The van der Waals surface area contributed by atoms with Crippen molar-refractivity contribution in [2.45, 2.75) is 89.5 Å². The van der Waals surface area contributed by atoms with E-state index in [1.54, 1.807) is 0 Å². The van der Waals surface area contributed by atoms with Gasteiger partial charge in [0.1, 0.15) is 5.67 Å². The van der Waals surface area contributed by atoms with Crippen molar-refractivity contribution in [2.75, 3.05) is 13.7 Å². The molecule has 2 nitrogen and oxygen atoms in total. The van der Waals surface area contributed by atoms with Crippen LogP contribution >= 0.6 is 0 Å². The Balaban J connectivity index is 0.00000116. The fourth-order valence-electron chi connectivity index (χ4n) is 3.16. The predicted molar refractivity (Wildman–Crippen MR) is 82.4 cm³/mol. The van der Waals surface area contributed by atoms with E-state index in [1.807, 2.05) is 13.8 Å². The molecule has 4 atom stereocenters. The van der Waals surface area contributed by atoms with Crippen LogP contribution < -0.4 is 0 Å². The maximum absolute atomic E-state index is 14.5. The fourth-order valence-corrected chi connectivity index (χ4v) is 3.16. The molecule has 2 fully saturated rings. The molecule has 0 spiro atoms. The van der Waals surface area contributed by atoms with Gasteiger partial charge in [-0.05, 0) is 44.4 Å². The Labute approximate surface area is 132 Å². The first-order valence-corrected chi connectivity index (χ1v) is 8.56. The van der Waals surface area contributed by atoms with E-state index in [9.17, 15) is 13.2 Å². The number of alkyl halides is 3. The molecule has 0 amide bonds. The summed E-state index contributed by atoms with van der Waals surface area (Å²) in [6, 6.07) is 0. The summed E-state index contributed by atoms with van der Waals surface area (Å²) in [6.07, 6.45) is -1.58. The lowest BCUT2D eigenvalue weighted by molar-refractivity contribution is -0.130. The minimum atomic E-state index is -1.72. The second kappa shape index (κ2) is 9.11. The van der Waals surface area contributed by atoms with Gasteiger partial charge in [0.2, 0.25) is 0 Å². The molecule has 5 heteroatoms. The van der Waals surface area contributed by atoms with Gasteiger partial charge < -0.3 is 9.47 Å². The number of hydrogen-bond donors (Lipinski definition) is 0. The van der Waals surface area contributed by atoms with E-state index in [4.69, 9.17) is 9.47 Å². The molecule has 0 aromatic carbocycles. The SMILES string of the molecule is CC.COC1CCC(OCC2(F)CCC(C)CC2)C(F)C1F. The smallest absolute Gasteiger partial charge is 0.160 e. The lowest BCUT2D eigenvalue weighted by atomic mass is 9.81. The molecule has 0 heterocycles. The highest BCUT2D eigenvalue weighted by molar-refractivity contribution is 4.91. The van der Waals surface area contributed by atoms with E-state index >= 15 is 0 Å². The van der Waals surface area contributed by atoms with E-state index < -0.39 is 30.2 Å². The number of methoxy groups -OCH3 is 1. The number of rotatable bonds is 4. The second-order valence-electron chi connectivity index (χ2n) is 6.42. The molecule has 0 aliphatic heterocycles. The summed E-state index contributed by atoms with van der Waals surface area (Å²) in [5.41, 5.74) is -1.36. The van der Waals surface area contributed by atoms with Crippen molar-refractivity contribution in [1.29, 1.82) is 0 Å². The molecule has 132 valence electrons. The van der Waals surface area contributed by atoms with Crippen molar-refractivity contribution in [3.63, 3.8) is 0 Å². The minimum absolute atomic E-state index is 0.116. The molecule has 0 radical (unpaired) electrons. The van der Waals surface area contributed by atoms with Crippen LogP contribution in [0, 0.1) is 5.92 Å². The zero-order valence-electron chi connectivity index (χ0n) is 14.3. The van der Waals surface area contributed by atoms with Crippen LogP contribution in [0.2, 0.25) is 0 Å². The summed E-state index contributed by atoms with van der Waals surface area (Å²) in [6.45, 7) is 5.99. The van der Waals surface area contributed by atoms with E-state index in [1.165, 1.54) is 7.11 Å². The first-order chi connectivity index (χ1) is 10.4. The molecule has 2 aliphatic carbocycles. The highest BCUT2D eigenvalue weighted by atomic mass is 19.2. The zero-order valence-corrected chi connectivity index (χ0v) is 14.3. The minimum Gasteiger partial charge on any atom is -0.378 e. The Hall–Kier alpha value is -0.290. The monoisotopic (exact) mass is 324 g/mol. The third kappa shape index (κ3) is 5.12. The van der Waals surface area contributed by atoms with Crippen LogP contribution in [-0.2, 0) is 9.47 Å². The normalized spacial score (nSPS) is 42.4. The Morgan fingerprint density at radius 2 is 1.45 bits per heavy atom. The summed E-state index contributed by atoms with van der Waals surface area (Å²) in [7, 11) is 1.38. The highest BCUT2D eigenvalue weighted by Gasteiger charge is 2.43. The van der Waals surface area contributed by atoms with Crippen molar-refractivity contribution in [3.05, 3.63) is 0 Å². The number of halogens is 3. The Morgan fingerprint density at radius 1 is 0.955 bits per heavy atom. The topological polar surface area (TPSA) is 18.5 Å². The third-order valence-corrected chi connectivity index (χ3v) is 4.78. The first-order valence-electron chi connectivity index (χ1n) is 8.56. The molecule has 2 rings (SSSR count). The van der Waals surface area contributed by atoms with Crippen molar-refractivity contribution in [2.24, 2.45) is 5.92 Å². The largest absolute Gasteiger partial charge is 0.378 e. The van der Waals surface area contributed by atoms with E-state index in [0.29, 0.717) is 31.6 Å². The van der Waals surface area contributed by atoms with Crippen LogP contribution in [0.25, 0.3) is 0 Å². The molecule has 4 unspecified atom stereocenters. The van der Waals surface area contributed by atoms with Gasteiger partial charge in [-0.25, -0.2) is 13.2 Å². The van der Waals surface area contributed by atoms with Gasteiger partial charge in [-0.2, -0.15) is 0 Å². The molecule has 0 aromatic rings. The molecule has 0 saturated heterocycles. The van der Waals surface area contributed by atoms with Crippen molar-refractivity contribution < 1.29 is 22.6 Å². The molecular weight excluding hydrogens is 293 g/mol. The van der Waals surface area contributed by atoms with Gasteiger partial charge in [0.15, 0.2) is 12.3 Å². The van der Waals surface area contributed by atoms with E-state index in [2.05, 4.69) is 6.92 Å². The summed E-state index contributed by atoms with van der Waals surface area (Å²) in [4.78, 5) is 0. The molecule has 2 saturated carbocycles. The zero-order chi connectivity index (χ0) is 16.8. The maximum Gasteiger partial charge on any atom is 0.160 e. The lowest BCUT2D eigenvalue weighted by Gasteiger charge is -2.37. The van der Waals surface area contributed by atoms with Gasteiger partial charge >= 0.3 is 0 Å². The van der Waals surface area contributed by atoms with Gasteiger partial charge in [0, 0.05) is 7.11 Å². The average Bonchev–Trinajstić information content (AvgIpc) is 2.54. The quantitative estimate of drug-likeness (QED) is 0.739. The van der Waals surface area contributed by atoms with Crippen LogP contribution in [0.15, 0.2) is 0 Å². The van der Waals surface area contributed by atoms with Gasteiger partial charge in [-0.15, -0.1) is 0 Å². The summed E-state index contributed by atoms with van der Waals surface area (Å²) < 4.78 is 52.4. The lowest BCUT2D eigenvalue weighted by Crippen LogP contribution is -2.48. The predicted octanol–water partition coefficient (Wildman–Crippen LogP) is 4.80. The van der Waals surface area contributed by atoms with Crippen molar-refractivity contribution >= 4 is 0 Å². The molecule has 0 bridgehead atoms. The Kier molecular flexibility index (Phi) is 8.19. The van der Waals surface area contributed by atoms with Gasteiger partial charge in [-0.1, -0.05) is 20.8 Å². The van der Waals surface area contributed by atoms with Crippen LogP contribution in [0.3, 0.4) is 0 Å². The summed E-state index contributed by atoms with van der Waals surface area (Å²) in [5.74, 6) is 0.542. The van der Waals surface area contributed by atoms with Crippen LogP contribution in [-0.4, -0.2) is 43.9 Å². The summed E-state index contributed by atoms with van der Waals surface area (Å²) in [5, 5.41) is 0. The van der Waals surface area contributed by atoms with Crippen LogP contribution in [0.5, 0.6) is 0 Å². The molecule has 0 N–H and O–H groups in total. The fraction of sp³-hybridized carbons (Fsp3) is 1.00. The van der Waals surface area contributed by atoms with E-state index in [-0.39, 0.29) is 6.61 Å². The molecule has 2 aliphatic rings. The molecule has 22 heavy (non-hydrogen) atoms. The number of ether oxygens (including phenoxy) is 2.